The van der Waals surface area contributed by atoms with Gasteiger partial charge in [-0.05, 0) is 37.6 Å². The van der Waals surface area contributed by atoms with Crippen molar-refractivity contribution in [1.29, 1.82) is 0 Å². The van der Waals surface area contributed by atoms with Crippen LogP contribution in [0.4, 0.5) is 4.79 Å². The van der Waals surface area contributed by atoms with Crippen LogP contribution in [-0.2, 0) is 0 Å². The molecule has 2 heterocycles. The summed E-state index contributed by atoms with van der Waals surface area (Å²) in [4.78, 5) is 15.2. The molecule has 5 heteroatoms. The highest BCUT2D eigenvalue weighted by atomic mass is 16.6. The summed E-state index contributed by atoms with van der Waals surface area (Å²) < 4.78 is 5.04. The predicted molar refractivity (Wildman–Crippen MR) is 59.2 cm³/mol. The van der Waals surface area contributed by atoms with E-state index in [2.05, 4.69) is 15.6 Å². The molecular formula is C11H15N3O2. The van der Waals surface area contributed by atoms with Crippen LogP contribution in [0.3, 0.4) is 0 Å². The van der Waals surface area contributed by atoms with E-state index in [1.807, 2.05) is 0 Å². The van der Waals surface area contributed by atoms with Crippen molar-refractivity contribution in [3.8, 4) is 5.75 Å². The van der Waals surface area contributed by atoms with Gasteiger partial charge < -0.3 is 15.4 Å². The summed E-state index contributed by atoms with van der Waals surface area (Å²) in [5.74, 6) is 0.978. The van der Waals surface area contributed by atoms with E-state index in [1.165, 1.54) is 6.20 Å². The highest BCUT2D eigenvalue weighted by Gasteiger charge is 2.15. The number of hydrogen-bond donors (Lipinski definition) is 2. The normalized spacial score (nSPS) is 19.4. The van der Waals surface area contributed by atoms with Crippen LogP contribution >= 0.6 is 0 Å². The number of amides is 1. The molecule has 0 aliphatic carbocycles. The molecule has 1 saturated heterocycles. The average Bonchev–Trinajstić information content (AvgIpc) is 2.81. The maximum Gasteiger partial charge on any atom is 0.412 e. The van der Waals surface area contributed by atoms with Gasteiger partial charge >= 0.3 is 6.09 Å². The van der Waals surface area contributed by atoms with Crippen LogP contribution in [0.25, 0.3) is 0 Å². The Kier molecular flexibility index (Phi) is 3.71. The summed E-state index contributed by atoms with van der Waals surface area (Å²) in [6.45, 7) is 2.66. The lowest BCUT2D eigenvalue weighted by Gasteiger charge is -2.09. The van der Waals surface area contributed by atoms with Gasteiger partial charge in [0, 0.05) is 12.7 Å². The number of hydrogen-bond acceptors (Lipinski definition) is 4. The van der Waals surface area contributed by atoms with Crippen LogP contribution in [0.2, 0.25) is 0 Å². The van der Waals surface area contributed by atoms with Crippen molar-refractivity contribution >= 4 is 6.09 Å². The maximum absolute atomic E-state index is 11.4. The van der Waals surface area contributed by atoms with Crippen molar-refractivity contribution < 1.29 is 9.53 Å². The number of pyridine rings is 1. The zero-order chi connectivity index (χ0) is 11.2. The Balaban J connectivity index is 1.72. The number of aromatic nitrogens is 1. The van der Waals surface area contributed by atoms with Crippen LogP contribution in [0.5, 0.6) is 5.75 Å². The molecule has 16 heavy (non-hydrogen) atoms. The Morgan fingerprint density at radius 3 is 3.31 bits per heavy atom. The lowest BCUT2D eigenvalue weighted by Crippen LogP contribution is -2.32. The molecule has 86 valence electrons. The van der Waals surface area contributed by atoms with Gasteiger partial charge in [-0.15, -0.1) is 0 Å². The first-order valence-corrected chi connectivity index (χ1v) is 5.41. The van der Waals surface area contributed by atoms with E-state index in [0.29, 0.717) is 18.2 Å². The fourth-order valence-electron chi connectivity index (χ4n) is 1.67. The summed E-state index contributed by atoms with van der Waals surface area (Å²) >= 11 is 0. The van der Waals surface area contributed by atoms with Crippen LogP contribution in [-0.4, -0.2) is 30.7 Å². The second-order valence-corrected chi connectivity index (χ2v) is 3.82. The summed E-state index contributed by atoms with van der Waals surface area (Å²) in [6.07, 6.45) is 3.83. The average molecular weight is 221 g/mol. The van der Waals surface area contributed by atoms with Crippen molar-refractivity contribution in [2.75, 3.05) is 19.6 Å². The molecule has 0 radical (unpaired) electrons. The largest absolute Gasteiger partial charge is 0.412 e. The second-order valence-electron chi connectivity index (χ2n) is 3.82. The van der Waals surface area contributed by atoms with E-state index in [-0.39, 0.29) is 0 Å². The molecule has 2 N–H and O–H groups in total. The van der Waals surface area contributed by atoms with Gasteiger partial charge in [-0.1, -0.05) is 0 Å². The summed E-state index contributed by atoms with van der Waals surface area (Å²) in [5.41, 5.74) is 0. The number of nitrogens with one attached hydrogen (secondary N) is 2. The lowest BCUT2D eigenvalue weighted by atomic mass is 10.1. The molecule has 2 rings (SSSR count). The van der Waals surface area contributed by atoms with Gasteiger partial charge in [0.15, 0.2) is 5.75 Å². The summed E-state index contributed by atoms with van der Waals surface area (Å²) in [7, 11) is 0. The smallest absolute Gasteiger partial charge is 0.409 e. The number of nitrogens with zero attached hydrogens (tertiary/aromatic N) is 1. The molecule has 0 spiro atoms. The standard InChI is InChI=1S/C11H15N3O2/c15-11(14-7-9-3-5-13-6-9)16-10-2-1-4-12-8-10/h1-2,4,8-9,13H,3,5-7H2,(H,14,15). The van der Waals surface area contributed by atoms with E-state index < -0.39 is 6.09 Å². The molecule has 0 aromatic carbocycles. The van der Waals surface area contributed by atoms with Gasteiger partial charge in [-0.3, -0.25) is 4.98 Å². The molecule has 1 atom stereocenters. The van der Waals surface area contributed by atoms with Gasteiger partial charge in [0.2, 0.25) is 0 Å². The molecule has 1 amide bonds. The third-order valence-corrected chi connectivity index (χ3v) is 2.54. The molecular weight excluding hydrogens is 206 g/mol. The van der Waals surface area contributed by atoms with E-state index in [1.54, 1.807) is 18.3 Å². The highest BCUT2D eigenvalue weighted by Crippen LogP contribution is 2.07. The molecule has 1 aromatic heterocycles. The monoisotopic (exact) mass is 221 g/mol. The maximum atomic E-state index is 11.4. The van der Waals surface area contributed by atoms with Crippen molar-refractivity contribution in [1.82, 2.24) is 15.6 Å². The van der Waals surface area contributed by atoms with Crippen molar-refractivity contribution in [3.63, 3.8) is 0 Å². The van der Waals surface area contributed by atoms with Gasteiger partial charge in [0.05, 0.1) is 6.20 Å². The van der Waals surface area contributed by atoms with E-state index in [0.717, 1.165) is 19.5 Å². The minimum atomic E-state index is -0.417. The number of ether oxygens (including phenoxy) is 1. The first-order valence-electron chi connectivity index (χ1n) is 5.41. The third-order valence-electron chi connectivity index (χ3n) is 2.54. The topological polar surface area (TPSA) is 63.2 Å². The minimum Gasteiger partial charge on any atom is -0.409 e. The fourth-order valence-corrected chi connectivity index (χ4v) is 1.67. The Hall–Kier alpha value is -1.62. The molecule has 1 aromatic rings. The van der Waals surface area contributed by atoms with E-state index in [4.69, 9.17) is 4.74 Å². The Bertz CT molecular complexity index is 336. The van der Waals surface area contributed by atoms with Crippen LogP contribution in [0, 0.1) is 5.92 Å². The van der Waals surface area contributed by atoms with Crippen LogP contribution < -0.4 is 15.4 Å². The van der Waals surface area contributed by atoms with Gasteiger partial charge in [0.1, 0.15) is 0 Å². The Morgan fingerprint density at radius 2 is 2.62 bits per heavy atom. The number of carbonyl (C=O) groups excluding carboxylic acids is 1. The Labute approximate surface area is 94.2 Å². The van der Waals surface area contributed by atoms with Gasteiger partial charge in [-0.2, -0.15) is 0 Å². The van der Waals surface area contributed by atoms with E-state index >= 15 is 0 Å². The minimum absolute atomic E-state index is 0.417. The highest BCUT2D eigenvalue weighted by molar-refractivity contribution is 5.70. The van der Waals surface area contributed by atoms with Crippen molar-refractivity contribution in [2.24, 2.45) is 5.92 Å². The van der Waals surface area contributed by atoms with Crippen molar-refractivity contribution in [2.45, 2.75) is 6.42 Å². The molecule has 0 bridgehead atoms. The quantitative estimate of drug-likeness (QED) is 0.791. The Morgan fingerprint density at radius 1 is 1.69 bits per heavy atom. The molecule has 1 unspecified atom stereocenters. The van der Waals surface area contributed by atoms with Gasteiger partial charge in [0.25, 0.3) is 0 Å². The summed E-state index contributed by atoms with van der Waals surface area (Å²) in [6, 6.07) is 3.42. The zero-order valence-electron chi connectivity index (χ0n) is 8.98. The SMILES string of the molecule is O=C(NCC1CCNC1)Oc1cccnc1. The molecule has 1 aliphatic heterocycles. The fraction of sp³-hybridized carbons (Fsp3) is 0.455. The molecule has 1 fully saturated rings. The lowest BCUT2D eigenvalue weighted by molar-refractivity contribution is 0.198. The molecule has 0 saturated carbocycles. The molecule has 1 aliphatic rings. The molecule has 5 nitrogen and oxygen atoms in total. The van der Waals surface area contributed by atoms with Gasteiger partial charge in [-0.25, -0.2) is 4.79 Å². The van der Waals surface area contributed by atoms with Crippen LogP contribution in [0.15, 0.2) is 24.5 Å². The second kappa shape index (κ2) is 5.46. The van der Waals surface area contributed by atoms with E-state index in [9.17, 15) is 4.79 Å². The first-order chi connectivity index (χ1) is 7.84. The third kappa shape index (κ3) is 3.20. The zero-order valence-corrected chi connectivity index (χ0v) is 8.98. The van der Waals surface area contributed by atoms with Crippen LogP contribution in [0.1, 0.15) is 6.42 Å². The summed E-state index contributed by atoms with van der Waals surface area (Å²) in [5, 5.41) is 5.99. The number of carbonyl (C=O) groups is 1. The first kappa shape index (κ1) is 10.9. The number of rotatable bonds is 3. The van der Waals surface area contributed by atoms with Crippen molar-refractivity contribution in [3.05, 3.63) is 24.5 Å². The predicted octanol–water partition coefficient (Wildman–Crippen LogP) is 0.779.